The Morgan fingerprint density at radius 3 is 2.10 bits per heavy atom. The smallest absolute Gasteiger partial charge is 0.252 e. The van der Waals surface area contributed by atoms with Crippen LogP contribution >= 0.6 is 0 Å². The number of rotatable bonds is 11. The quantitative estimate of drug-likeness (QED) is 0.203. The van der Waals surface area contributed by atoms with Gasteiger partial charge < -0.3 is 34.5 Å². The first-order valence-corrected chi connectivity index (χ1v) is 22.4. The molecule has 3 aromatic carbocycles. The molecule has 5 fully saturated rings. The fourth-order valence-electron chi connectivity index (χ4n) is 11.1. The van der Waals surface area contributed by atoms with Crippen LogP contribution in [0.5, 0.6) is 17.2 Å². The molecule has 3 aliphatic carbocycles. The molecule has 0 bridgehead atoms. The molecule has 1 spiro atoms. The van der Waals surface area contributed by atoms with Crippen molar-refractivity contribution in [3.05, 3.63) is 82.4 Å². The summed E-state index contributed by atoms with van der Waals surface area (Å²) in [4.78, 5) is 55.7. The van der Waals surface area contributed by atoms with Crippen molar-refractivity contribution >= 4 is 29.1 Å². The van der Waals surface area contributed by atoms with Gasteiger partial charge in [-0.05, 0) is 92.8 Å². The summed E-state index contributed by atoms with van der Waals surface area (Å²) in [5.74, 6) is 0.945. The zero-order valence-corrected chi connectivity index (χ0v) is 37.7. The Hall–Kier alpha value is -5.45. The number of aryl methyl sites for hydroxylation is 2. The Morgan fingerprint density at radius 2 is 1.46 bits per heavy atom. The molecule has 13 heteroatoms. The lowest BCUT2D eigenvalue weighted by molar-refractivity contribution is -0.164. The van der Waals surface area contributed by atoms with Gasteiger partial charge in [0.15, 0.2) is 5.78 Å². The summed E-state index contributed by atoms with van der Waals surface area (Å²) in [5, 5.41) is 15.6. The van der Waals surface area contributed by atoms with E-state index in [4.69, 9.17) is 18.9 Å². The number of hydrogen-bond donors (Lipinski definition) is 2. The predicted octanol–water partition coefficient (Wildman–Crippen LogP) is 6.50. The van der Waals surface area contributed by atoms with Crippen LogP contribution in [0.25, 0.3) is 0 Å². The normalized spacial score (nSPS) is 26.1. The zero-order chi connectivity index (χ0) is 44.8. The van der Waals surface area contributed by atoms with Gasteiger partial charge in [0.25, 0.3) is 11.8 Å². The number of amides is 2. The van der Waals surface area contributed by atoms with Crippen LogP contribution in [0.15, 0.2) is 54.6 Å². The minimum atomic E-state index is -0.666. The first kappa shape index (κ1) is 44.2. The number of methoxy groups -OCH3 is 1. The van der Waals surface area contributed by atoms with Crippen LogP contribution in [0.4, 0.5) is 5.69 Å². The van der Waals surface area contributed by atoms with E-state index in [2.05, 4.69) is 54.2 Å². The summed E-state index contributed by atoms with van der Waals surface area (Å²) in [6.45, 7) is 16.6. The molecule has 2 heterocycles. The SMILES string of the molecule is COc1cc(OC2CC(N3CCOC4(CCN(c5ccc(C(=O)NC6C(C)(C)C(Oc7cc(C)c(C#N)c(C)c7)C6(C)C)cc5)CC4)C3)C2)cc(C(=O)NC2CCC(=O)CC2=O)c1. The Labute approximate surface area is 370 Å². The predicted molar refractivity (Wildman–Crippen MR) is 238 cm³/mol. The maximum atomic E-state index is 13.6. The highest BCUT2D eigenvalue weighted by molar-refractivity contribution is 6.06. The minimum absolute atomic E-state index is 0.00103. The van der Waals surface area contributed by atoms with E-state index in [0.29, 0.717) is 47.3 Å². The van der Waals surface area contributed by atoms with Crippen molar-refractivity contribution in [1.82, 2.24) is 15.5 Å². The highest BCUT2D eigenvalue weighted by atomic mass is 16.5. The van der Waals surface area contributed by atoms with Gasteiger partial charge in [0.1, 0.15) is 35.2 Å². The van der Waals surface area contributed by atoms with Gasteiger partial charge in [0, 0.05) is 91.2 Å². The number of nitrogens with zero attached hydrogens (tertiary/aromatic N) is 3. The van der Waals surface area contributed by atoms with Gasteiger partial charge in [0.05, 0.1) is 43.4 Å². The molecular formula is C50H61N5O8. The number of hydrogen-bond acceptors (Lipinski definition) is 11. The number of Topliss-reactive ketones (excluding diaryl/α,β-unsaturated/α-hetero) is 2. The number of carbonyl (C=O) groups excluding carboxylic acids is 4. The Kier molecular flexibility index (Phi) is 12.1. The number of nitrogens with one attached hydrogen (secondary N) is 2. The third-order valence-electron chi connectivity index (χ3n) is 14.5. The van der Waals surface area contributed by atoms with E-state index in [-0.39, 0.29) is 65.0 Å². The largest absolute Gasteiger partial charge is 0.497 e. The number of ether oxygens (including phenoxy) is 4. The van der Waals surface area contributed by atoms with Crippen molar-refractivity contribution < 1.29 is 38.1 Å². The third-order valence-corrected chi connectivity index (χ3v) is 14.5. The second kappa shape index (κ2) is 17.3. The van der Waals surface area contributed by atoms with E-state index < -0.39 is 11.9 Å². The van der Waals surface area contributed by atoms with Crippen LogP contribution in [-0.2, 0) is 14.3 Å². The number of morpholine rings is 1. The van der Waals surface area contributed by atoms with Crippen LogP contribution in [0.2, 0.25) is 0 Å². The molecule has 63 heavy (non-hydrogen) atoms. The number of nitriles is 1. The number of piperidine rings is 1. The van der Waals surface area contributed by atoms with Gasteiger partial charge in [0.2, 0.25) is 0 Å². The maximum Gasteiger partial charge on any atom is 0.252 e. The molecule has 0 radical (unpaired) electrons. The highest BCUT2D eigenvalue weighted by Gasteiger charge is 2.64. The molecule has 2 N–H and O–H groups in total. The van der Waals surface area contributed by atoms with Gasteiger partial charge in [-0.25, -0.2) is 0 Å². The molecule has 3 saturated carbocycles. The van der Waals surface area contributed by atoms with Gasteiger partial charge in [-0.15, -0.1) is 0 Å². The van der Waals surface area contributed by atoms with E-state index >= 15 is 0 Å². The maximum absolute atomic E-state index is 13.6. The molecule has 334 valence electrons. The molecular weight excluding hydrogens is 799 g/mol. The van der Waals surface area contributed by atoms with Gasteiger partial charge in [-0.1, -0.05) is 27.7 Å². The van der Waals surface area contributed by atoms with Crippen LogP contribution in [-0.4, -0.2) is 104 Å². The van der Waals surface area contributed by atoms with E-state index in [1.54, 1.807) is 18.2 Å². The first-order chi connectivity index (χ1) is 30.0. The first-order valence-electron chi connectivity index (χ1n) is 22.4. The third kappa shape index (κ3) is 8.89. The molecule has 1 unspecified atom stereocenters. The topological polar surface area (TPSA) is 160 Å². The molecule has 0 aromatic heterocycles. The lowest BCUT2D eigenvalue weighted by Gasteiger charge is -2.63. The number of carbonyl (C=O) groups is 4. The summed E-state index contributed by atoms with van der Waals surface area (Å²) in [6.07, 6.45) is 3.89. The van der Waals surface area contributed by atoms with Crippen molar-refractivity contribution in [2.24, 2.45) is 10.8 Å². The summed E-state index contributed by atoms with van der Waals surface area (Å²) in [7, 11) is 1.54. The molecule has 2 amide bonds. The Morgan fingerprint density at radius 1 is 0.825 bits per heavy atom. The fraction of sp³-hybridized carbons (Fsp3) is 0.540. The van der Waals surface area contributed by atoms with E-state index in [9.17, 15) is 24.4 Å². The summed E-state index contributed by atoms with van der Waals surface area (Å²) < 4.78 is 24.9. The van der Waals surface area contributed by atoms with E-state index in [1.165, 1.54) is 7.11 Å². The van der Waals surface area contributed by atoms with Crippen molar-refractivity contribution in [3.63, 3.8) is 0 Å². The minimum Gasteiger partial charge on any atom is -0.497 e. The molecule has 5 aliphatic rings. The second-order valence-electron chi connectivity index (χ2n) is 19.6. The molecule has 1 atom stereocenters. The van der Waals surface area contributed by atoms with Crippen LogP contribution < -0.4 is 29.7 Å². The summed E-state index contributed by atoms with van der Waals surface area (Å²) in [5.41, 5.74) is 3.68. The molecule has 2 aliphatic heterocycles. The van der Waals surface area contributed by atoms with Crippen molar-refractivity contribution in [1.29, 1.82) is 5.26 Å². The number of benzene rings is 3. The van der Waals surface area contributed by atoms with Crippen molar-refractivity contribution in [2.45, 2.75) is 122 Å². The van der Waals surface area contributed by atoms with E-state index in [1.807, 2.05) is 50.2 Å². The van der Waals surface area contributed by atoms with Gasteiger partial charge >= 0.3 is 0 Å². The highest BCUT2D eigenvalue weighted by Crippen LogP contribution is 2.55. The van der Waals surface area contributed by atoms with Gasteiger partial charge in [-0.2, -0.15) is 5.26 Å². The molecule has 13 nitrogen and oxygen atoms in total. The van der Waals surface area contributed by atoms with Crippen molar-refractivity contribution in [3.8, 4) is 23.3 Å². The standard InChI is InChI=1S/C50H61N5O8/c1-30-20-38(21-31(2)41(30)28-51)63-47-48(3,4)46(49(47,5)6)53-44(58)32-8-10-34(11-9-32)54-16-14-50(15-17-54)29-55(18-19-61-50)35-24-40(25-35)62-39-23-33(22-37(27-39)60-7)45(59)52-42-13-12-36(56)26-43(42)57/h8-11,20-23,27,35,40,42,46-47H,12-19,24-26,29H2,1-7H3,(H,52,59)(H,53,58). The molecule has 3 aromatic rings. The van der Waals surface area contributed by atoms with E-state index in [0.717, 1.165) is 74.4 Å². The lowest BCUT2D eigenvalue weighted by Crippen LogP contribution is -2.74. The average Bonchev–Trinajstić information content (AvgIpc) is 3.24. The Balaban J connectivity index is 0.805. The fourth-order valence-corrected chi connectivity index (χ4v) is 11.1. The summed E-state index contributed by atoms with van der Waals surface area (Å²) in [6, 6.07) is 18.8. The number of ketones is 2. The molecule has 2 saturated heterocycles. The molecule has 8 rings (SSSR count). The monoisotopic (exact) mass is 859 g/mol. The lowest BCUT2D eigenvalue weighted by atomic mass is 9.49. The van der Waals surface area contributed by atoms with Crippen LogP contribution in [0.3, 0.4) is 0 Å². The van der Waals surface area contributed by atoms with Crippen LogP contribution in [0.1, 0.15) is 110 Å². The number of anilines is 1. The van der Waals surface area contributed by atoms with Crippen LogP contribution in [0, 0.1) is 36.0 Å². The Bertz CT molecular complexity index is 2260. The van der Waals surface area contributed by atoms with Crippen molar-refractivity contribution in [2.75, 3.05) is 44.8 Å². The second-order valence-corrected chi connectivity index (χ2v) is 19.6. The van der Waals surface area contributed by atoms with Gasteiger partial charge in [-0.3, -0.25) is 24.1 Å². The summed E-state index contributed by atoms with van der Waals surface area (Å²) >= 11 is 0. The average molecular weight is 860 g/mol. The zero-order valence-electron chi connectivity index (χ0n) is 37.7.